The molecule has 0 amide bonds. The van der Waals surface area contributed by atoms with E-state index < -0.39 is 11.2 Å². The monoisotopic (exact) mass is 318 g/mol. The molecule has 5 heteroatoms. The fourth-order valence-electron chi connectivity index (χ4n) is 2.77. The first-order valence-electron chi connectivity index (χ1n) is 7.49. The molecule has 116 valence electrons. The van der Waals surface area contributed by atoms with Crippen molar-refractivity contribution in [2.45, 2.75) is 68.7 Å². The quantitative estimate of drug-likeness (QED) is 0.790. The van der Waals surface area contributed by atoms with Gasteiger partial charge in [-0.2, -0.15) is 0 Å². The highest BCUT2D eigenvalue weighted by Gasteiger charge is 2.43. The van der Waals surface area contributed by atoms with Gasteiger partial charge in [-0.3, -0.25) is 4.79 Å². The molecule has 2 fully saturated rings. The van der Waals surface area contributed by atoms with Gasteiger partial charge in [-0.25, -0.2) is 0 Å². The van der Waals surface area contributed by atoms with Crippen LogP contribution in [0.2, 0.25) is 0 Å². The largest absolute Gasteiger partial charge is 0.460 e. The minimum atomic E-state index is -0.589. The maximum Gasteiger partial charge on any atom is 0.309 e. The molecule has 0 aromatic heterocycles. The molecular weight excluding hydrogens is 292 g/mol. The highest BCUT2D eigenvalue weighted by Crippen LogP contribution is 2.46. The zero-order chi connectivity index (χ0) is 14.8. The van der Waals surface area contributed by atoms with Crippen molar-refractivity contribution in [3.63, 3.8) is 0 Å². The molecule has 2 aliphatic rings. The standard InChI is InChI=1S/C15H26O3S2/c1-14(2,3)18-12(16)11-5-7-15(17,8-6-11)13-19-9-4-10-20-13/h11,13,17H,4-10H2,1-3H3. The Morgan fingerprint density at radius 3 is 2.25 bits per heavy atom. The molecule has 0 radical (unpaired) electrons. The summed E-state index contributed by atoms with van der Waals surface area (Å²) in [5.74, 6) is 2.17. The third-order valence-corrected chi connectivity index (χ3v) is 7.21. The topological polar surface area (TPSA) is 46.5 Å². The second-order valence-electron chi connectivity index (χ2n) is 6.84. The van der Waals surface area contributed by atoms with Crippen molar-refractivity contribution in [3.8, 4) is 0 Å². The van der Waals surface area contributed by atoms with E-state index in [4.69, 9.17) is 4.74 Å². The van der Waals surface area contributed by atoms with Crippen LogP contribution in [-0.2, 0) is 9.53 Å². The van der Waals surface area contributed by atoms with Crippen molar-refractivity contribution in [2.24, 2.45) is 5.92 Å². The second-order valence-corrected chi connectivity index (χ2v) is 9.56. The second kappa shape index (κ2) is 6.49. The lowest BCUT2D eigenvalue weighted by molar-refractivity contribution is -0.162. The maximum absolute atomic E-state index is 12.1. The van der Waals surface area contributed by atoms with E-state index in [1.54, 1.807) is 0 Å². The number of esters is 1. The van der Waals surface area contributed by atoms with Crippen molar-refractivity contribution in [3.05, 3.63) is 0 Å². The fraction of sp³-hybridized carbons (Fsp3) is 0.933. The molecule has 20 heavy (non-hydrogen) atoms. The highest BCUT2D eigenvalue weighted by atomic mass is 32.2. The average Bonchev–Trinajstić information content (AvgIpc) is 2.38. The predicted octanol–water partition coefficient (Wildman–Crippen LogP) is 3.45. The van der Waals surface area contributed by atoms with E-state index in [9.17, 15) is 9.90 Å². The molecular formula is C15H26O3S2. The van der Waals surface area contributed by atoms with Crippen molar-refractivity contribution in [2.75, 3.05) is 11.5 Å². The first-order valence-corrected chi connectivity index (χ1v) is 9.58. The summed E-state index contributed by atoms with van der Waals surface area (Å²) < 4.78 is 5.75. The van der Waals surface area contributed by atoms with E-state index in [-0.39, 0.29) is 16.5 Å². The molecule has 1 aliphatic carbocycles. The molecule has 1 heterocycles. The van der Waals surface area contributed by atoms with E-state index in [1.807, 2.05) is 44.3 Å². The summed E-state index contributed by atoms with van der Waals surface area (Å²) in [5.41, 5.74) is -1.01. The van der Waals surface area contributed by atoms with E-state index in [0.717, 1.165) is 37.2 Å². The molecule has 2 rings (SSSR count). The van der Waals surface area contributed by atoms with Gasteiger partial charge in [0.2, 0.25) is 0 Å². The van der Waals surface area contributed by atoms with Crippen LogP contribution in [0.5, 0.6) is 0 Å². The van der Waals surface area contributed by atoms with Gasteiger partial charge in [0.25, 0.3) is 0 Å². The number of aliphatic hydroxyl groups is 1. The van der Waals surface area contributed by atoms with Crippen molar-refractivity contribution in [1.29, 1.82) is 0 Å². The number of ether oxygens (including phenoxy) is 1. The number of rotatable bonds is 2. The zero-order valence-corrected chi connectivity index (χ0v) is 14.3. The van der Waals surface area contributed by atoms with Crippen molar-refractivity contribution < 1.29 is 14.6 Å². The lowest BCUT2D eigenvalue weighted by Gasteiger charge is -2.42. The van der Waals surface area contributed by atoms with Gasteiger partial charge < -0.3 is 9.84 Å². The summed E-state index contributed by atoms with van der Waals surface area (Å²) in [6.07, 6.45) is 4.19. The van der Waals surface area contributed by atoms with E-state index in [1.165, 1.54) is 6.42 Å². The lowest BCUT2D eigenvalue weighted by atomic mass is 9.79. The van der Waals surface area contributed by atoms with Crippen LogP contribution >= 0.6 is 23.5 Å². The van der Waals surface area contributed by atoms with Gasteiger partial charge in [0.1, 0.15) is 5.60 Å². The van der Waals surface area contributed by atoms with Crippen LogP contribution in [-0.4, -0.2) is 38.4 Å². The fourth-order valence-corrected chi connectivity index (χ4v) is 6.06. The summed E-state index contributed by atoms with van der Waals surface area (Å²) in [7, 11) is 0. The number of carbonyl (C=O) groups excluding carboxylic acids is 1. The molecule has 1 N–H and O–H groups in total. The summed E-state index contributed by atoms with van der Waals surface area (Å²) >= 11 is 3.77. The number of hydrogen-bond donors (Lipinski definition) is 1. The van der Waals surface area contributed by atoms with E-state index in [2.05, 4.69) is 0 Å². The van der Waals surface area contributed by atoms with Crippen molar-refractivity contribution in [1.82, 2.24) is 0 Å². The molecule has 0 bridgehead atoms. The zero-order valence-electron chi connectivity index (χ0n) is 12.7. The van der Waals surface area contributed by atoms with Crippen molar-refractivity contribution >= 4 is 29.5 Å². The van der Waals surface area contributed by atoms with Gasteiger partial charge in [-0.05, 0) is 64.4 Å². The Hall–Kier alpha value is 0.130. The normalized spacial score (nSPS) is 32.9. The van der Waals surface area contributed by atoms with Gasteiger partial charge in [0.15, 0.2) is 0 Å². The maximum atomic E-state index is 12.1. The molecule has 0 spiro atoms. The van der Waals surface area contributed by atoms with E-state index in [0.29, 0.717) is 0 Å². The summed E-state index contributed by atoms with van der Waals surface area (Å²) in [6.45, 7) is 5.71. The Morgan fingerprint density at radius 1 is 1.20 bits per heavy atom. The first-order chi connectivity index (χ1) is 9.30. The van der Waals surface area contributed by atoms with Gasteiger partial charge in [0, 0.05) is 0 Å². The van der Waals surface area contributed by atoms with Crippen LogP contribution in [0.25, 0.3) is 0 Å². The molecule has 0 aromatic rings. The average molecular weight is 319 g/mol. The Bertz CT molecular complexity index is 338. The smallest absolute Gasteiger partial charge is 0.309 e. The van der Waals surface area contributed by atoms with Crippen LogP contribution in [0.1, 0.15) is 52.9 Å². The SMILES string of the molecule is CC(C)(C)OC(=O)C1CCC(O)(C2SCCCS2)CC1. The highest BCUT2D eigenvalue weighted by molar-refractivity contribution is 8.17. The molecule has 0 aromatic carbocycles. The van der Waals surface area contributed by atoms with Gasteiger partial charge >= 0.3 is 5.97 Å². The molecule has 0 unspecified atom stereocenters. The number of carbonyl (C=O) groups is 1. The van der Waals surface area contributed by atoms with Gasteiger partial charge in [-0.15, -0.1) is 23.5 Å². The predicted molar refractivity (Wildman–Crippen MR) is 86.1 cm³/mol. The first kappa shape index (κ1) is 16.5. The van der Waals surface area contributed by atoms with Gasteiger partial charge in [0.05, 0.1) is 16.1 Å². The molecule has 0 atom stereocenters. The van der Waals surface area contributed by atoms with Gasteiger partial charge in [-0.1, -0.05) is 0 Å². The van der Waals surface area contributed by atoms with Crippen LogP contribution < -0.4 is 0 Å². The third-order valence-electron chi connectivity index (χ3n) is 3.86. The minimum absolute atomic E-state index is 0.0342. The summed E-state index contributed by atoms with van der Waals surface area (Å²) in [5, 5.41) is 10.8. The number of hydrogen-bond acceptors (Lipinski definition) is 5. The Balaban J connectivity index is 1.86. The van der Waals surface area contributed by atoms with Crippen LogP contribution in [0.4, 0.5) is 0 Å². The molecule has 1 aliphatic heterocycles. The molecule has 1 saturated carbocycles. The minimum Gasteiger partial charge on any atom is -0.460 e. The molecule has 1 saturated heterocycles. The van der Waals surface area contributed by atoms with Crippen LogP contribution in [0, 0.1) is 5.92 Å². The summed E-state index contributed by atoms with van der Waals surface area (Å²) in [4.78, 5) is 12.1. The Kier molecular flexibility index (Phi) is 5.35. The summed E-state index contributed by atoms with van der Waals surface area (Å²) in [6, 6.07) is 0. The van der Waals surface area contributed by atoms with E-state index >= 15 is 0 Å². The lowest BCUT2D eigenvalue weighted by Crippen LogP contribution is -2.45. The Morgan fingerprint density at radius 2 is 1.75 bits per heavy atom. The van der Waals surface area contributed by atoms with Crippen LogP contribution in [0.3, 0.4) is 0 Å². The van der Waals surface area contributed by atoms with Crippen LogP contribution in [0.15, 0.2) is 0 Å². The Labute approximate surface area is 130 Å². The third kappa shape index (κ3) is 4.31. The number of thioether (sulfide) groups is 2. The molecule has 3 nitrogen and oxygen atoms in total.